The number of rotatable bonds is 47. The number of allylic oxidation sites excluding steroid dienone is 15. The van der Waals surface area contributed by atoms with Crippen molar-refractivity contribution in [2.75, 3.05) is 40.9 Å². The fourth-order valence-corrected chi connectivity index (χ4v) is 7.82. The van der Waals surface area contributed by atoms with Crippen LogP contribution < -0.4 is 10.2 Å². The van der Waals surface area contributed by atoms with Gasteiger partial charge in [-0.15, -0.1) is 0 Å². The number of nitrogens with one attached hydrogen (secondary N) is 1. The van der Waals surface area contributed by atoms with Gasteiger partial charge in [0.2, 0.25) is 5.91 Å². The minimum Gasteiger partial charge on any atom is -0.756 e. The van der Waals surface area contributed by atoms with Crippen LogP contribution in [0.25, 0.3) is 0 Å². The van der Waals surface area contributed by atoms with E-state index in [9.17, 15) is 19.0 Å². The number of hydrogen-bond donors (Lipinski definition) is 1. The van der Waals surface area contributed by atoms with Crippen molar-refractivity contribution in [1.82, 2.24) is 5.32 Å². The molecule has 0 saturated heterocycles. The van der Waals surface area contributed by atoms with Gasteiger partial charge in [0.05, 0.1) is 33.8 Å². The topological polar surface area (TPSA) is 114 Å². The molecular weight excluding hydrogens is 868 g/mol. The van der Waals surface area contributed by atoms with E-state index in [4.69, 9.17) is 13.8 Å². The molecular formula is C58H101N2O7P. The summed E-state index contributed by atoms with van der Waals surface area (Å²) in [7, 11) is 1.13. The van der Waals surface area contributed by atoms with Gasteiger partial charge >= 0.3 is 5.97 Å². The normalized spacial score (nSPS) is 14.6. The second kappa shape index (κ2) is 47.6. The van der Waals surface area contributed by atoms with Gasteiger partial charge in [-0.25, -0.2) is 0 Å². The maximum Gasteiger partial charge on any atom is 0.306 e. The summed E-state index contributed by atoms with van der Waals surface area (Å²) in [4.78, 5) is 39.7. The highest BCUT2D eigenvalue weighted by molar-refractivity contribution is 7.45. The second-order valence-corrected chi connectivity index (χ2v) is 20.5. The monoisotopic (exact) mass is 969 g/mol. The molecule has 0 aliphatic carbocycles. The number of esters is 1. The Morgan fingerprint density at radius 3 is 1.59 bits per heavy atom. The number of nitrogens with zero attached hydrogens (tertiary/aromatic N) is 1. The molecule has 0 heterocycles. The van der Waals surface area contributed by atoms with Gasteiger partial charge in [-0.05, 0) is 89.5 Å². The second-order valence-electron chi connectivity index (χ2n) is 19.1. The predicted molar refractivity (Wildman–Crippen MR) is 288 cm³/mol. The van der Waals surface area contributed by atoms with Crippen molar-refractivity contribution in [1.29, 1.82) is 0 Å². The highest BCUT2D eigenvalue weighted by Gasteiger charge is 2.27. The Morgan fingerprint density at radius 2 is 1.01 bits per heavy atom. The molecule has 0 bridgehead atoms. The van der Waals surface area contributed by atoms with Crippen molar-refractivity contribution in [3.05, 3.63) is 97.2 Å². The molecule has 0 aromatic carbocycles. The molecule has 0 rings (SSSR count). The minimum absolute atomic E-state index is 0.0398. The minimum atomic E-state index is -4.71. The Labute approximate surface area is 418 Å². The summed E-state index contributed by atoms with van der Waals surface area (Å²) in [5.41, 5.74) is 0. The number of unbranched alkanes of at least 4 members (excludes halogenated alkanes) is 19. The van der Waals surface area contributed by atoms with E-state index in [1.54, 1.807) is 6.08 Å². The molecule has 0 saturated carbocycles. The number of quaternary nitrogens is 1. The first kappa shape index (κ1) is 64.9. The zero-order valence-electron chi connectivity index (χ0n) is 44.3. The number of phosphoric ester groups is 1. The largest absolute Gasteiger partial charge is 0.756 e. The number of amides is 1. The summed E-state index contributed by atoms with van der Waals surface area (Å²) in [6.07, 6.45) is 62.4. The van der Waals surface area contributed by atoms with Crippen molar-refractivity contribution >= 4 is 19.7 Å². The maximum absolute atomic E-state index is 13.4. The van der Waals surface area contributed by atoms with Crippen LogP contribution in [0.5, 0.6) is 0 Å². The Hall–Kier alpha value is -3.07. The fourth-order valence-electron chi connectivity index (χ4n) is 7.10. The number of carbonyl (C=O) groups is 2. The number of hydrogen-bond acceptors (Lipinski definition) is 7. The smallest absolute Gasteiger partial charge is 0.306 e. The predicted octanol–water partition coefficient (Wildman–Crippen LogP) is 15.4. The van der Waals surface area contributed by atoms with Crippen molar-refractivity contribution in [2.24, 2.45) is 0 Å². The first-order valence-corrected chi connectivity index (χ1v) is 28.5. The SMILES string of the molecule is CC/C=C/C=C/C=C\CCCCCCCC(=O)NC(COP(=O)([O-])OCC[N+](C)(C)C)C(/C=C/CCCCCCCCCCCC)OC(=O)CCC/C=C\C/C=C\C/C=C\C/C=C\CCCCC. The number of likely N-dealkylation sites (N-methyl/N-ethyl adjacent to an activating group) is 1. The summed E-state index contributed by atoms with van der Waals surface area (Å²) in [6, 6.07) is -0.925. The standard InChI is InChI=1S/C58H101N2O7P/c1-7-10-13-16-19-22-25-28-29-30-31-33-36-39-42-45-48-51-58(62)67-56(49-46-43-40-37-34-27-24-21-18-15-12-9-3)55(54-66-68(63,64)65-53-52-60(4,5)6)59-57(61)50-47-44-41-38-35-32-26-23-20-17-14-11-8-2/h11,14,17,19-20,22-23,26,28-29,31,33,39,42,46,49,55-56H,7-10,12-13,15-16,18,21,24-25,27,30,32,34-38,40-41,43-45,47-48,50-54H2,1-6H3,(H-,59,61,63,64)/b14-11+,20-17+,22-19-,26-23-,29-28-,33-31-,42-39-,49-46+. The van der Waals surface area contributed by atoms with E-state index >= 15 is 0 Å². The average Bonchev–Trinajstić information content (AvgIpc) is 3.29. The van der Waals surface area contributed by atoms with E-state index in [0.29, 0.717) is 23.9 Å². The zero-order valence-corrected chi connectivity index (χ0v) is 45.2. The Balaban J connectivity index is 5.53. The van der Waals surface area contributed by atoms with Crippen LogP contribution in [0.15, 0.2) is 97.2 Å². The van der Waals surface area contributed by atoms with Gasteiger partial charge in [-0.3, -0.25) is 14.2 Å². The summed E-state index contributed by atoms with van der Waals surface area (Å²) < 4.78 is 30.1. The van der Waals surface area contributed by atoms with Gasteiger partial charge in [0.25, 0.3) is 7.82 Å². The van der Waals surface area contributed by atoms with Crippen LogP contribution >= 0.6 is 7.82 Å². The van der Waals surface area contributed by atoms with Crippen LogP contribution in [0.4, 0.5) is 0 Å². The Kier molecular flexibility index (Phi) is 45.5. The zero-order chi connectivity index (χ0) is 50.1. The molecule has 0 aliphatic heterocycles. The van der Waals surface area contributed by atoms with Crippen LogP contribution in [-0.2, 0) is 27.9 Å². The molecule has 3 unspecified atom stereocenters. The van der Waals surface area contributed by atoms with Gasteiger partial charge in [-0.2, -0.15) is 0 Å². The fraction of sp³-hybridized carbons (Fsp3) is 0.690. The molecule has 0 aromatic heterocycles. The summed E-state index contributed by atoms with van der Waals surface area (Å²) in [5.74, 6) is -0.640. The van der Waals surface area contributed by atoms with Gasteiger partial charge in [0, 0.05) is 12.8 Å². The van der Waals surface area contributed by atoms with Gasteiger partial charge < -0.3 is 28.5 Å². The van der Waals surface area contributed by atoms with E-state index in [-0.39, 0.29) is 25.4 Å². The number of ether oxygens (including phenoxy) is 1. The first-order valence-electron chi connectivity index (χ1n) is 27.1. The third-order valence-corrected chi connectivity index (χ3v) is 12.3. The van der Waals surface area contributed by atoms with Gasteiger partial charge in [0.15, 0.2) is 0 Å². The molecule has 0 aromatic rings. The molecule has 390 valence electrons. The third kappa shape index (κ3) is 48.0. The summed E-state index contributed by atoms with van der Waals surface area (Å²) in [5, 5.41) is 2.98. The van der Waals surface area contributed by atoms with Crippen LogP contribution in [0.3, 0.4) is 0 Å². The molecule has 0 aliphatic rings. The van der Waals surface area contributed by atoms with Crippen molar-refractivity contribution in [3.8, 4) is 0 Å². The summed E-state index contributed by atoms with van der Waals surface area (Å²) in [6.45, 7) is 6.59. The maximum atomic E-state index is 13.4. The third-order valence-electron chi connectivity index (χ3n) is 11.3. The Bertz CT molecular complexity index is 1490. The molecule has 3 atom stereocenters. The van der Waals surface area contributed by atoms with Crippen LogP contribution in [-0.4, -0.2) is 69.4 Å². The molecule has 1 amide bonds. The lowest BCUT2D eigenvalue weighted by molar-refractivity contribution is -0.870. The highest BCUT2D eigenvalue weighted by atomic mass is 31.2. The van der Waals surface area contributed by atoms with E-state index in [1.807, 2.05) is 39.4 Å². The van der Waals surface area contributed by atoms with E-state index < -0.39 is 32.5 Å². The molecule has 10 heteroatoms. The van der Waals surface area contributed by atoms with Gasteiger partial charge in [0.1, 0.15) is 19.3 Å². The van der Waals surface area contributed by atoms with Crippen molar-refractivity contribution in [2.45, 2.75) is 219 Å². The van der Waals surface area contributed by atoms with Crippen LogP contribution in [0.2, 0.25) is 0 Å². The molecule has 68 heavy (non-hydrogen) atoms. The van der Waals surface area contributed by atoms with E-state index in [2.05, 4.69) is 99.0 Å². The highest BCUT2D eigenvalue weighted by Crippen LogP contribution is 2.38. The molecule has 0 fully saturated rings. The number of carbonyl (C=O) groups excluding carboxylic acids is 2. The Morgan fingerprint density at radius 1 is 0.544 bits per heavy atom. The summed E-state index contributed by atoms with van der Waals surface area (Å²) >= 11 is 0. The lowest BCUT2D eigenvalue weighted by atomic mass is 10.0. The molecule has 1 N–H and O–H groups in total. The molecule has 9 nitrogen and oxygen atoms in total. The van der Waals surface area contributed by atoms with Crippen LogP contribution in [0.1, 0.15) is 207 Å². The lowest BCUT2D eigenvalue weighted by Gasteiger charge is -2.30. The van der Waals surface area contributed by atoms with Crippen molar-refractivity contribution < 1.29 is 37.3 Å². The van der Waals surface area contributed by atoms with E-state index in [0.717, 1.165) is 83.5 Å². The average molecular weight is 969 g/mol. The van der Waals surface area contributed by atoms with Gasteiger partial charge in [-0.1, -0.05) is 202 Å². The van der Waals surface area contributed by atoms with Crippen LogP contribution in [0, 0.1) is 0 Å². The molecule has 0 radical (unpaired) electrons. The first-order chi connectivity index (χ1) is 32.9. The quantitative estimate of drug-likeness (QED) is 0.0161. The lowest BCUT2D eigenvalue weighted by Crippen LogP contribution is -2.47. The molecule has 0 spiro atoms. The number of phosphoric acid groups is 1. The van der Waals surface area contributed by atoms with Crippen molar-refractivity contribution in [3.63, 3.8) is 0 Å². The van der Waals surface area contributed by atoms with E-state index in [1.165, 1.54) is 77.0 Å².